The third-order valence-corrected chi connectivity index (χ3v) is 2.12. The first-order chi connectivity index (χ1) is 7.79. The second-order valence-electron chi connectivity index (χ2n) is 3.38. The summed E-state index contributed by atoms with van der Waals surface area (Å²) >= 11 is 0. The molecule has 1 aromatic heterocycles. The van der Waals surface area contributed by atoms with Crippen LogP contribution in [-0.4, -0.2) is 9.97 Å². The summed E-state index contributed by atoms with van der Waals surface area (Å²) in [6.07, 6.45) is 4.81. The molecule has 0 saturated carbocycles. The maximum absolute atomic E-state index is 8.99. The molecule has 1 N–H and O–H groups in total. The van der Waals surface area contributed by atoms with E-state index < -0.39 is 0 Å². The normalized spacial score (nSPS) is 9.50. The van der Waals surface area contributed by atoms with E-state index in [-0.39, 0.29) is 0 Å². The van der Waals surface area contributed by atoms with Crippen molar-refractivity contribution in [3.05, 3.63) is 47.9 Å². The van der Waals surface area contributed by atoms with Gasteiger partial charge in [0, 0.05) is 12.4 Å². The highest BCUT2D eigenvalue weighted by Gasteiger charge is 2.02. The van der Waals surface area contributed by atoms with Crippen LogP contribution in [0.5, 0.6) is 0 Å². The lowest BCUT2D eigenvalue weighted by Gasteiger charge is -2.07. The van der Waals surface area contributed by atoms with Crippen molar-refractivity contribution in [1.29, 1.82) is 5.26 Å². The zero-order valence-corrected chi connectivity index (χ0v) is 8.81. The zero-order chi connectivity index (χ0) is 11.4. The van der Waals surface area contributed by atoms with Gasteiger partial charge in [-0.2, -0.15) is 5.26 Å². The Balaban J connectivity index is 2.32. The lowest BCUT2D eigenvalue weighted by Crippen LogP contribution is -1.96. The highest BCUT2D eigenvalue weighted by molar-refractivity contribution is 5.64. The first-order valence-corrected chi connectivity index (χ1v) is 4.83. The Bertz CT molecular complexity index is 528. The molecule has 0 aliphatic heterocycles. The van der Waals surface area contributed by atoms with E-state index in [9.17, 15) is 0 Å². The molecule has 4 nitrogen and oxygen atoms in total. The highest BCUT2D eigenvalue weighted by Crippen LogP contribution is 2.19. The summed E-state index contributed by atoms with van der Waals surface area (Å²) in [6, 6.07) is 7.79. The molecule has 0 aliphatic rings. The van der Waals surface area contributed by atoms with Crippen LogP contribution in [0.15, 0.2) is 36.8 Å². The van der Waals surface area contributed by atoms with E-state index in [2.05, 4.69) is 21.4 Å². The van der Waals surface area contributed by atoms with Crippen molar-refractivity contribution in [3.63, 3.8) is 0 Å². The summed E-state index contributed by atoms with van der Waals surface area (Å²) in [5.74, 6) is 0.628. The number of nitrogens with zero attached hydrogens (tertiary/aromatic N) is 3. The van der Waals surface area contributed by atoms with Gasteiger partial charge in [0.15, 0.2) is 0 Å². The Hall–Kier alpha value is -2.41. The van der Waals surface area contributed by atoms with Gasteiger partial charge in [0.2, 0.25) is 0 Å². The molecule has 78 valence electrons. The van der Waals surface area contributed by atoms with Gasteiger partial charge in [0.05, 0.1) is 17.4 Å². The number of hydrogen-bond donors (Lipinski definition) is 1. The van der Waals surface area contributed by atoms with Crippen molar-refractivity contribution in [2.24, 2.45) is 0 Å². The number of anilines is 2. The summed E-state index contributed by atoms with van der Waals surface area (Å²) in [4.78, 5) is 8.03. The molecule has 0 fully saturated rings. The largest absolute Gasteiger partial charge is 0.338 e. The molecule has 0 spiro atoms. The fourth-order valence-electron chi connectivity index (χ4n) is 1.36. The van der Waals surface area contributed by atoms with Crippen molar-refractivity contribution in [3.8, 4) is 6.07 Å². The summed E-state index contributed by atoms with van der Waals surface area (Å²) in [6.45, 7) is 1.95. The Morgan fingerprint density at radius 3 is 2.88 bits per heavy atom. The molecular formula is C12H10N4. The van der Waals surface area contributed by atoms with Crippen molar-refractivity contribution >= 4 is 11.5 Å². The fourth-order valence-corrected chi connectivity index (χ4v) is 1.36. The molecule has 0 bridgehead atoms. The van der Waals surface area contributed by atoms with Crippen molar-refractivity contribution in [2.75, 3.05) is 5.32 Å². The number of nitriles is 1. The van der Waals surface area contributed by atoms with E-state index in [0.29, 0.717) is 11.4 Å². The van der Waals surface area contributed by atoms with Crippen LogP contribution in [0.3, 0.4) is 0 Å². The zero-order valence-electron chi connectivity index (χ0n) is 8.81. The van der Waals surface area contributed by atoms with E-state index in [4.69, 9.17) is 5.26 Å². The van der Waals surface area contributed by atoms with E-state index in [0.717, 1.165) is 11.3 Å². The van der Waals surface area contributed by atoms with Crippen LogP contribution in [0.4, 0.5) is 11.5 Å². The minimum atomic E-state index is 0.602. The molecule has 0 atom stereocenters. The minimum Gasteiger partial charge on any atom is -0.338 e. The number of aromatic nitrogens is 2. The molecule has 0 aliphatic carbocycles. The van der Waals surface area contributed by atoms with Crippen molar-refractivity contribution in [2.45, 2.75) is 6.92 Å². The number of benzene rings is 1. The van der Waals surface area contributed by atoms with E-state index >= 15 is 0 Å². The first-order valence-electron chi connectivity index (χ1n) is 4.83. The summed E-state index contributed by atoms with van der Waals surface area (Å²) in [7, 11) is 0. The van der Waals surface area contributed by atoms with Crippen LogP contribution in [0.25, 0.3) is 0 Å². The average molecular weight is 210 g/mol. The van der Waals surface area contributed by atoms with Gasteiger partial charge in [0.1, 0.15) is 11.9 Å². The summed E-state index contributed by atoms with van der Waals surface area (Å²) in [5.41, 5.74) is 2.40. The van der Waals surface area contributed by atoms with Crippen LogP contribution in [-0.2, 0) is 0 Å². The molecule has 0 radical (unpaired) electrons. The number of nitrogens with one attached hydrogen (secondary N) is 1. The minimum absolute atomic E-state index is 0.602. The highest BCUT2D eigenvalue weighted by atomic mass is 15.0. The summed E-state index contributed by atoms with van der Waals surface area (Å²) < 4.78 is 0. The number of hydrogen-bond acceptors (Lipinski definition) is 4. The van der Waals surface area contributed by atoms with E-state index in [1.165, 1.54) is 0 Å². The van der Waals surface area contributed by atoms with Crippen LogP contribution in [0, 0.1) is 18.3 Å². The van der Waals surface area contributed by atoms with Gasteiger partial charge in [-0.3, -0.25) is 4.98 Å². The smallest absolute Gasteiger partial charge is 0.148 e. The lowest BCUT2D eigenvalue weighted by atomic mass is 10.1. The predicted molar refractivity (Wildman–Crippen MR) is 61.2 cm³/mol. The molecule has 0 amide bonds. The second kappa shape index (κ2) is 4.41. The van der Waals surface area contributed by atoms with Gasteiger partial charge >= 0.3 is 0 Å². The third-order valence-electron chi connectivity index (χ3n) is 2.12. The van der Waals surface area contributed by atoms with Gasteiger partial charge in [0.25, 0.3) is 0 Å². The SMILES string of the molecule is Cc1ccc(Nc2cnccn2)c(C#N)c1. The molecular weight excluding hydrogens is 200 g/mol. The van der Waals surface area contributed by atoms with Crippen LogP contribution < -0.4 is 5.32 Å². The standard InChI is InChI=1S/C12H10N4/c1-9-2-3-11(10(6-9)7-13)16-12-8-14-4-5-15-12/h2-6,8H,1H3,(H,15,16). The quantitative estimate of drug-likeness (QED) is 0.826. The predicted octanol–water partition coefficient (Wildman–Crippen LogP) is 2.40. The topological polar surface area (TPSA) is 61.6 Å². The molecule has 2 rings (SSSR count). The maximum Gasteiger partial charge on any atom is 0.148 e. The van der Waals surface area contributed by atoms with Crippen LogP contribution in [0.2, 0.25) is 0 Å². The number of aryl methyl sites for hydroxylation is 1. The molecule has 1 heterocycles. The Kier molecular flexibility index (Phi) is 2.79. The van der Waals surface area contributed by atoms with E-state index in [1.807, 2.05) is 25.1 Å². The molecule has 16 heavy (non-hydrogen) atoms. The Labute approximate surface area is 93.6 Å². The Morgan fingerprint density at radius 1 is 1.31 bits per heavy atom. The van der Waals surface area contributed by atoms with Crippen LogP contribution >= 0.6 is 0 Å². The Morgan fingerprint density at radius 2 is 2.19 bits per heavy atom. The summed E-state index contributed by atoms with van der Waals surface area (Å²) in [5, 5.41) is 12.0. The van der Waals surface area contributed by atoms with Gasteiger partial charge in [-0.25, -0.2) is 4.98 Å². The maximum atomic E-state index is 8.99. The average Bonchev–Trinajstić information content (AvgIpc) is 2.33. The molecule has 2 aromatic rings. The van der Waals surface area contributed by atoms with E-state index in [1.54, 1.807) is 18.6 Å². The number of rotatable bonds is 2. The van der Waals surface area contributed by atoms with Gasteiger partial charge in [-0.05, 0) is 24.6 Å². The molecule has 0 unspecified atom stereocenters. The lowest BCUT2D eigenvalue weighted by molar-refractivity contribution is 1.20. The van der Waals surface area contributed by atoms with Gasteiger partial charge in [-0.15, -0.1) is 0 Å². The molecule has 1 aromatic carbocycles. The van der Waals surface area contributed by atoms with Crippen molar-refractivity contribution < 1.29 is 0 Å². The fraction of sp³-hybridized carbons (Fsp3) is 0.0833. The van der Waals surface area contributed by atoms with Crippen molar-refractivity contribution in [1.82, 2.24) is 9.97 Å². The second-order valence-corrected chi connectivity index (χ2v) is 3.38. The molecule has 0 saturated heterocycles. The first kappa shape index (κ1) is 10.1. The molecule has 4 heteroatoms. The van der Waals surface area contributed by atoms with Gasteiger partial charge < -0.3 is 5.32 Å². The third kappa shape index (κ3) is 2.15. The van der Waals surface area contributed by atoms with Crippen LogP contribution in [0.1, 0.15) is 11.1 Å². The van der Waals surface area contributed by atoms with Gasteiger partial charge in [-0.1, -0.05) is 6.07 Å². The monoisotopic (exact) mass is 210 g/mol.